The zero-order valence-corrected chi connectivity index (χ0v) is 12.7. The second-order valence-corrected chi connectivity index (χ2v) is 5.32. The van der Waals surface area contributed by atoms with E-state index in [9.17, 15) is 4.39 Å². The molecule has 0 saturated heterocycles. The van der Waals surface area contributed by atoms with Gasteiger partial charge in [0.05, 0.1) is 5.69 Å². The van der Waals surface area contributed by atoms with Crippen molar-refractivity contribution >= 4 is 23.0 Å². The molecule has 1 aromatic heterocycles. The average molecular weight is 316 g/mol. The van der Waals surface area contributed by atoms with Crippen LogP contribution in [0.2, 0.25) is 0 Å². The van der Waals surface area contributed by atoms with E-state index in [0.717, 1.165) is 5.56 Å². The van der Waals surface area contributed by atoms with Crippen molar-refractivity contribution in [2.45, 2.75) is 0 Å². The Morgan fingerprint density at radius 1 is 0.917 bits per heavy atom. The zero-order chi connectivity index (χ0) is 16.4. The highest BCUT2D eigenvalue weighted by molar-refractivity contribution is 5.91. The highest BCUT2D eigenvalue weighted by Crippen LogP contribution is 2.30. The highest BCUT2D eigenvalue weighted by Gasteiger charge is 2.10. The van der Waals surface area contributed by atoms with Crippen LogP contribution in [0.25, 0.3) is 22.6 Å². The summed E-state index contributed by atoms with van der Waals surface area (Å²) in [5.74, 6) is 0.268. The number of benzene rings is 3. The van der Waals surface area contributed by atoms with E-state index in [4.69, 9.17) is 4.42 Å². The van der Waals surface area contributed by atoms with E-state index >= 15 is 0 Å². The smallest absolute Gasteiger partial charge is 0.227 e. The molecule has 0 N–H and O–H groups in total. The van der Waals surface area contributed by atoms with E-state index < -0.39 is 0 Å². The maximum Gasteiger partial charge on any atom is 0.227 e. The molecule has 0 aliphatic heterocycles. The lowest BCUT2D eigenvalue weighted by Gasteiger charge is -1.95. The van der Waals surface area contributed by atoms with Gasteiger partial charge in [0.25, 0.3) is 0 Å². The molecule has 0 spiro atoms. The van der Waals surface area contributed by atoms with Gasteiger partial charge in [-0.1, -0.05) is 36.4 Å². The highest BCUT2D eigenvalue weighted by atomic mass is 19.1. The number of halogens is 1. The van der Waals surface area contributed by atoms with Crippen LogP contribution in [-0.2, 0) is 0 Å². The summed E-state index contributed by atoms with van der Waals surface area (Å²) in [6.45, 7) is 0. The van der Waals surface area contributed by atoms with Crippen LogP contribution in [0.4, 0.5) is 10.1 Å². The van der Waals surface area contributed by atoms with Crippen molar-refractivity contribution in [3.05, 3.63) is 84.2 Å². The molecule has 0 amide bonds. The lowest BCUT2D eigenvalue weighted by molar-refractivity contribution is 0.620. The molecular weight excluding hydrogens is 303 g/mol. The summed E-state index contributed by atoms with van der Waals surface area (Å²) in [6, 6.07) is 21.6. The van der Waals surface area contributed by atoms with Crippen LogP contribution in [0, 0.1) is 5.82 Å². The van der Waals surface area contributed by atoms with E-state index in [1.54, 1.807) is 18.3 Å². The maximum absolute atomic E-state index is 13.2. The topological polar surface area (TPSA) is 38.4 Å². The van der Waals surface area contributed by atoms with Gasteiger partial charge in [0.2, 0.25) is 5.89 Å². The van der Waals surface area contributed by atoms with Gasteiger partial charge < -0.3 is 4.42 Å². The van der Waals surface area contributed by atoms with Gasteiger partial charge in [-0.05, 0) is 42.0 Å². The van der Waals surface area contributed by atoms with Crippen LogP contribution >= 0.6 is 0 Å². The fourth-order valence-electron chi connectivity index (χ4n) is 2.47. The Hall–Kier alpha value is -3.27. The van der Waals surface area contributed by atoms with Gasteiger partial charge in [0.15, 0.2) is 5.58 Å². The summed E-state index contributed by atoms with van der Waals surface area (Å²) in [5.41, 5.74) is 3.64. The molecule has 0 aliphatic carbocycles. The second-order valence-electron chi connectivity index (χ2n) is 5.32. The van der Waals surface area contributed by atoms with Crippen molar-refractivity contribution in [3.63, 3.8) is 0 Å². The Bertz CT molecular complexity index is 1020. The largest absolute Gasteiger partial charge is 0.436 e. The minimum atomic E-state index is -0.287. The molecule has 4 heteroatoms. The Morgan fingerprint density at radius 2 is 1.75 bits per heavy atom. The maximum atomic E-state index is 13.2. The Morgan fingerprint density at radius 3 is 2.58 bits per heavy atom. The van der Waals surface area contributed by atoms with E-state index in [-0.39, 0.29) is 5.82 Å². The Labute approximate surface area is 138 Å². The number of oxazole rings is 1. The number of fused-ring (bicyclic) bond motifs is 1. The summed E-state index contributed by atoms with van der Waals surface area (Å²) >= 11 is 0. The lowest BCUT2D eigenvalue weighted by atomic mass is 10.2. The third-order valence-corrected chi connectivity index (χ3v) is 3.62. The van der Waals surface area contributed by atoms with E-state index in [1.807, 2.05) is 48.5 Å². The zero-order valence-electron chi connectivity index (χ0n) is 12.7. The molecule has 3 aromatic carbocycles. The van der Waals surface area contributed by atoms with Gasteiger partial charge in [-0.2, -0.15) is 0 Å². The van der Waals surface area contributed by atoms with Crippen molar-refractivity contribution in [2.24, 2.45) is 4.99 Å². The van der Waals surface area contributed by atoms with Gasteiger partial charge in [-0.15, -0.1) is 0 Å². The predicted octanol–water partition coefficient (Wildman–Crippen LogP) is 5.38. The molecule has 0 saturated carbocycles. The molecule has 0 unspecified atom stereocenters. The number of aliphatic imine (C=N–C) groups is 1. The van der Waals surface area contributed by atoms with Gasteiger partial charge >= 0.3 is 0 Å². The fraction of sp³-hybridized carbons (Fsp3) is 0. The van der Waals surface area contributed by atoms with Crippen molar-refractivity contribution in [1.82, 2.24) is 4.98 Å². The van der Waals surface area contributed by atoms with E-state index in [1.165, 1.54) is 12.1 Å². The van der Waals surface area contributed by atoms with Crippen LogP contribution in [0.5, 0.6) is 0 Å². The normalized spacial score (nSPS) is 11.4. The van der Waals surface area contributed by atoms with Crippen LogP contribution in [0.15, 0.2) is 82.2 Å². The molecular formula is C20H13FN2O. The van der Waals surface area contributed by atoms with E-state index in [0.29, 0.717) is 28.2 Å². The number of hydrogen-bond acceptors (Lipinski definition) is 3. The molecule has 116 valence electrons. The predicted molar refractivity (Wildman–Crippen MR) is 93.1 cm³/mol. The number of hydrogen-bond donors (Lipinski definition) is 0. The molecule has 3 nitrogen and oxygen atoms in total. The monoisotopic (exact) mass is 316 g/mol. The molecule has 4 rings (SSSR count). The van der Waals surface area contributed by atoms with Crippen molar-refractivity contribution < 1.29 is 8.81 Å². The van der Waals surface area contributed by atoms with Crippen molar-refractivity contribution in [3.8, 4) is 11.5 Å². The first-order chi connectivity index (χ1) is 11.8. The third-order valence-electron chi connectivity index (χ3n) is 3.62. The first kappa shape index (κ1) is 14.3. The molecule has 0 bridgehead atoms. The third kappa shape index (κ3) is 2.82. The minimum Gasteiger partial charge on any atom is -0.436 e. The van der Waals surface area contributed by atoms with Gasteiger partial charge in [-0.3, -0.25) is 4.99 Å². The summed E-state index contributed by atoms with van der Waals surface area (Å²) in [5, 5.41) is 0. The van der Waals surface area contributed by atoms with Crippen molar-refractivity contribution in [2.75, 3.05) is 0 Å². The van der Waals surface area contributed by atoms with Crippen LogP contribution < -0.4 is 0 Å². The SMILES string of the molecule is Fc1cccc(C=Nc2cccc3oc(-c4ccccc4)nc23)c1. The summed E-state index contributed by atoms with van der Waals surface area (Å²) < 4.78 is 19.1. The standard InChI is InChI=1S/C20H13FN2O/c21-16-9-4-6-14(12-16)13-22-17-10-5-11-18-19(17)23-20(24-18)15-7-2-1-3-8-15/h1-13H. The lowest BCUT2D eigenvalue weighted by Crippen LogP contribution is -1.82. The summed E-state index contributed by atoms with van der Waals surface area (Å²) in [6.07, 6.45) is 1.62. The molecule has 0 atom stereocenters. The Balaban J connectivity index is 1.75. The van der Waals surface area contributed by atoms with Gasteiger partial charge in [0, 0.05) is 11.8 Å². The fourth-order valence-corrected chi connectivity index (χ4v) is 2.47. The van der Waals surface area contributed by atoms with E-state index in [2.05, 4.69) is 9.98 Å². The van der Waals surface area contributed by atoms with Gasteiger partial charge in [-0.25, -0.2) is 9.37 Å². The second kappa shape index (κ2) is 6.08. The first-order valence-electron chi connectivity index (χ1n) is 7.54. The first-order valence-corrected chi connectivity index (χ1v) is 7.54. The van der Waals surface area contributed by atoms with Crippen LogP contribution in [0.3, 0.4) is 0 Å². The van der Waals surface area contributed by atoms with Gasteiger partial charge in [0.1, 0.15) is 11.3 Å². The molecule has 0 radical (unpaired) electrons. The number of nitrogens with zero attached hydrogens (tertiary/aromatic N) is 2. The number of rotatable bonds is 3. The molecule has 0 fully saturated rings. The van der Waals surface area contributed by atoms with Crippen LogP contribution in [0.1, 0.15) is 5.56 Å². The quantitative estimate of drug-likeness (QED) is 0.476. The van der Waals surface area contributed by atoms with Crippen LogP contribution in [-0.4, -0.2) is 11.2 Å². The molecule has 0 aliphatic rings. The minimum absolute atomic E-state index is 0.287. The van der Waals surface area contributed by atoms with Crippen molar-refractivity contribution in [1.29, 1.82) is 0 Å². The molecule has 1 heterocycles. The summed E-state index contributed by atoms with van der Waals surface area (Å²) in [4.78, 5) is 9.00. The number of para-hydroxylation sites is 1. The molecule has 24 heavy (non-hydrogen) atoms. The number of aromatic nitrogens is 1. The average Bonchev–Trinajstić information content (AvgIpc) is 3.06. The summed E-state index contributed by atoms with van der Waals surface area (Å²) in [7, 11) is 0. The Kier molecular flexibility index (Phi) is 3.63. The molecule has 4 aromatic rings.